The van der Waals surface area contributed by atoms with Crippen molar-refractivity contribution < 1.29 is 9.53 Å². The second kappa shape index (κ2) is 6.45. The van der Waals surface area contributed by atoms with Crippen molar-refractivity contribution in [1.29, 1.82) is 0 Å². The van der Waals surface area contributed by atoms with Crippen molar-refractivity contribution in [3.63, 3.8) is 0 Å². The quantitative estimate of drug-likeness (QED) is 0.869. The van der Waals surface area contributed by atoms with Crippen LogP contribution in [0.5, 0.6) is 5.75 Å². The van der Waals surface area contributed by atoms with Crippen molar-refractivity contribution in [3.8, 4) is 5.75 Å². The first-order valence-electron chi connectivity index (χ1n) is 6.66. The molecule has 1 aromatic carbocycles. The standard InChI is InChI=1S/C15H24N2O2/c1-6-11(2)19-13-9-7-8-12(10-13)16-14(18)17-15(3,4)5/h7-11H,6H2,1-5H3,(H2,16,17,18). The minimum atomic E-state index is -0.255. The fourth-order valence-corrected chi connectivity index (χ4v) is 1.47. The Morgan fingerprint density at radius 3 is 2.63 bits per heavy atom. The van der Waals surface area contributed by atoms with Crippen LogP contribution in [0.1, 0.15) is 41.0 Å². The number of ether oxygens (including phenoxy) is 1. The molecular formula is C15H24N2O2. The Morgan fingerprint density at radius 2 is 2.05 bits per heavy atom. The molecule has 0 heterocycles. The first-order chi connectivity index (χ1) is 8.80. The first kappa shape index (κ1) is 15.3. The van der Waals surface area contributed by atoms with E-state index in [1.807, 2.05) is 52.0 Å². The van der Waals surface area contributed by atoms with Crippen LogP contribution in [-0.4, -0.2) is 17.7 Å². The molecule has 0 saturated carbocycles. The summed E-state index contributed by atoms with van der Waals surface area (Å²) in [5.41, 5.74) is 0.470. The summed E-state index contributed by atoms with van der Waals surface area (Å²) in [7, 11) is 0. The third kappa shape index (κ3) is 6.13. The molecule has 1 unspecified atom stereocenters. The molecule has 1 aromatic rings. The van der Waals surface area contributed by atoms with E-state index in [1.54, 1.807) is 0 Å². The number of nitrogens with one attached hydrogen (secondary N) is 2. The molecule has 1 atom stereocenters. The summed E-state index contributed by atoms with van der Waals surface area (Å²) in [6.45, 7) is 9.91. The van der Waals surface area contributed by atoms with Crippen molar-refractivity contribution in [1.82, 2.24) is 5.32 Å². The summed E-state index contributed by atoms with van der Waals surface area (Å²) in [5.74, 6) is 0.767. The molecule has 0 saturated heterocycles. The number of benzene rings is 1. The van der Waals surface area contributed by atoms with Gasteiger partial charge in [0.15, 0.2) is 0 Å². The number of hydrogen-bond donors (Lipinski definition) is 2. The Morgan fingerprint density at radius 1 is 1.37 bits per heavy atom. The molecule has 0 aliphatic rings. The van der Waals surface area contributed by atoms with E-state index in [1.165, 1.54) is 0 Å². The van der Waals surface area contributed by atoms with Gasteiger partial charge in [0.1, 0.15) is 5.75 Å². The predicted molar refractivity (Wildman–Crippen MR) is 78.7 cm³/mol. The SMILES string of the molecule is CCC(C)Oc1cccc(NC(=O)NC(C)(C)C)c1. The highest BCUT2D eigenvalue weighted by Gasteiger charge is 2.13. The molecule has 0 fully saturated rings. The average Bonchev–Trinajstić information content (AvgIpc) is 2.26. The van der Waals surface area contributed by atoms with E-state index < -0.39 is 0 Å². The summed E-state index contributed by atoms with van der Waals surface area (Å²) >= 11 is 0. The maximum Gasteiger partial charge on any atom is 0.319 e. The molecule has 0 spiro atoms. The van der Waals surface area contributed by atoms with E-state index in [9.17, 15) is 4.79 Å². The van der Waals surface area contributed by atoms with Gasteiger partial charge in [-0.15, -0.1) is 0 Å². The summed E-state index contributed by atoms with van der Waals surface area (Å²) in [5, 5.41) is 5.65. The van der Waals surface area contributed by atoms with Crippen LogP contribution in [0.2, 0.25) is 0 Å². The normalized spacial score (nSPS) is 12.7. The molecule has 0 bridgehead atoms. The van der Waals surface area contributed by atoms with Crippen LogP contribution in [0.25, 0.3) is 0 Å². The van der Waals surface area contributed by atoms with Crippen molar-refractivity contribution >= 4 is 11.7 Å². The van der Waals surface area contributed by atoms with E-state index in [2.05, 4.69) is 17.6 Å². The fraction of sp³-hybridized carbons (Fsp3) is 0.533. The van der Waals surface area contributed by atoms with Crippen molar-refractivity contribution in [2.24, 2.45) is 0 Å². The highest BCUT2D eigenvalue weighted by atomic mass is 16.5. The fourth-order valence-electron chi connectivity index (χ4n) is 1.47. The third-order valence-electron chi connectivity index (χ3n) is 2.49. The molecule has 19 heavy (non-hydrogen) atoms. The monoisotopic (exact) mass is 264 g/mol. The van der Waals surface area contributed by atoms with Crippen LogP contribution in [0.4, 0.5) is 10.5 Å². The second-order valence-corrected chi connectivity index (χ2v) is 5.69. The largest absolute Gasteiger partial charge is 0.491 e. The zero-order chi connectivity index (χ0) is 14.5. The Bertz CT molecular complexity index is 424. The third-order valence-corrected chi connectivity index (χ3v) is 2.49. The summed E-state index contributed by atoms with van der Waals surface area (Å²) in [6, 6.07) is 7.21. The van der Waals surface area contributed by atoms with E-state index in [0.717, 1.165) is 17.9 Å². The number of carbonyl (C=O) groups excluding carboxylic acids is 1. The molecular weight excluding hydrogens is 240 g/mol. The lowest BCUT2D eigenvalue weighted by molar-refractivity contribution is 0.217. The van der Waals surface area contributed by atoms with Crippen LogP contribution in [0, 0.1) is 0 Å². The minimum absolute atomic E-state index is 0.165. The minimum Gasteiger partial charge on any atom is -0.491 e. The second-order valence-electron chi connectivity index (χ2n) is 5.69. The van der Waals surface area contributed by atoms with Crippen molar-refractivity contribution in [2.75, 3.05) is 5.32 Å². The first-order valence-corrected chi connectivity index (χ1v) is 6.66. The predicted octanol–water partition coefficient (Wildman–Crippen LogP) is 3.78. The van der Waals surface area contributed by atoms with E-state index in [-0.39, 0.29) is 17.7 Å². The van der Waals surface area contributed by atoms with Gasteiger partial charge >= 0.3 is 6.03 Å². The van der Waals surface area contributed by atoms with Gasteiger partial charge in [-0.2, -0.15) is 0 Å². The highest BCUT2D eigenvalue weighted by Crippen LogP contribution is 2.19. The van der Waals surface area contributed by atoms with Crippen LogP contribution in [-0.2, 0) is 0 Å². The zero-order valence-corrected chi connectivity index (χ0v) is 12.4. The number of anilines is 1. The summed E-state index contributed by atoms with van der Waals surface area (Å²) < 4.78 is 5.71. The maximum atomic E-state index is 11.8. The van der Waals surface area contributed by atoms with Gasteiger partial charge in [0.2, 0.25) is 0 Å². The lowest BCUT2D eigenvalue weighted by atomic mass is 10.1. The number of hydrogen-bond acceptors (Lipinski definition) is 2. The number of urea groups is 1. The van der Waals surface area contributed by atoms with Gasteiger partial charge in [0.25, 0.3) is 0 Å². The van der Waals surface area contributed by atoms with E-state index >= 15 is 0 Å². The van der Waals surface area contributed by atoms with Gasteiger partial charge in [-0.25, -0.2) is 4.79 Å². The lowest BCUT2D eigenvalue weighted by Gasteiger charge is -2.21. The van der Waals surface area contributed by atoms with Crippen LogP contribution >= 0.6 is 0 Å². The maximum absolute atomic E-state index is 11.8. The Hall–Kier alpha value is -1.71. The molecule has 4 nitrogen and oxygen atoms in total. The van der Waals surface area contributed by atoms with Crippen molar-refractivity contribution in [3.05, 3.63) is 24.3 Å². The number of rotatable bonds is 4. The molecule has 2 amide bonds. The molecule has 1 rings (SSSR count). The van der Waals surface area contributed by atoms with Gasteiger partial charge < -0.3 is 15.4 Å². The van der Waals surface area contributed by atoms with Gasteiger partial charge in [-0.1, -0.05) is 13.0 Å². The van der Waals surface area contributed by atoms with Gasteiger partial charge in [-0.3, -0.25) is 0 Å². The van der Waals surface area contributed by atoms with E-state index in [4.69, 9.17) is 4.74 Å². The molecule has 0 radical (unpaired) electrons. The highest BCUT2D eigenvalue weighted by molar-refractivity contribution is 5.89. The Balaban J connectivity index is 2.64. The molecule has 0 aliphatic heterocycles. The number of carbonyl (C=O) groups is 1. The lowest BCUT2D eigenvalue weighted by Crippen LogP contribution is -2.43. The topological polar surface area (TPSA) is 50.4 Å². The molecule has 4 heteroatoms. The smallest absolute Gasteiger partial charge is 0.319 e. The molecule has 0 aromatic heterocycles. The van der Waals surface area contributed by atoms with Crippen LogP contribution < -0.4 is 15.4 Å². The summed E-state index contributed by atoms with van der Waals surface area (Å²) in [6.07, 6.45) is 1.11. The molecule has 0 aliphatic carbocycles. The van der Waals surface area contributed by atoms with Gasteiger partial charge in [0, 0.05) is 17.3 Å². The van der Waals surface area contributed by atoms with E-state index in [0.29, 0.717) is 0 Å². The van der Waals surface area contributed by atoms with Gasteiger partial charge in [-0.05, 0) is 46.2 Å². The van der Waals surface area contributed by atoms with Crippen LogP contribution in [0.3, 0.4) is 0 Å². The van der Waals surface area contributed by atoms with Crippen molar-refractivity contribution in [2.45, 2.75) is 52.7 Å². The molecule has 106 valence electrons. The zero-order valence-electron chi connectivity index (χ0n) is 12.4. The average molecular weight is 264 g/mol. The Labute approximate surface area is 115 Å². The number of amides is 2. The van der Waals surface area contributed by atoms with Crippen LogP contribution in [0.15, 0.2) is 24.3 Å². The molecule has 2 N–H and O–H groups in total. The Kier molecular flexibility index (Phi) is 5.21. The van der Waals surface area contributed by atoms with Gasteiger partial charge in [0.05, 0.1) is 6.10 Å². The summed E-state index contributed by atoms with van der Waals surface area (Å²) in [4.78, 5) is 11.8.